The van der Waals surface area contributed by atoms with Gasteiger partial charge in [-0.2, -0.15) is 0 Å². The second kappa shape index (κ2) is 3.31. The third kappa shape index (κ3) is 1.51. The van der Waals surface area contributed by atoms with Crippen LogP contribution in [-0.4, -0.2) is 10.9 Å². The molecule has 0 saturated carbocycles. The lowest BCUT2D eigenvalue weighted by molar-refractivity contribution is 0.439. The van der Waals surface area contributed by atoms with Crippen molar-refractivity contribution >= 4 is 17.6 Å². The van der Waals surface area contributed by atoms with Crippen LogP contribution in [0.1, 0.15) is 5.56 Å². The van der Waals surface area contributed by atoms with Crippen molar-refractivity contribution < 1.29 is 4.52 Å². The summed E-state index contributed by atoms with van der Waals surface area (Å²) in [4.78, 5) is 1.36. The zero-order valence-corrected chi connectivity index (χ0v) is 8.88. The van der Waals surface area contributed by atoms with Crippen LogP contribution in [0.25, 0.3) is 11.3 Å². The van der Waals surface area contributed by atoms with Crippen molar-refractivity contribution in [1.29, 1.82) is 0 Å². The number of nitrogens with zero attached hydrogens (tertiary/aromatic N) is 1. The molecule has 0 radical (unpaired) electrons. The molecule has 0 aliphatic carbocycles. The molecule has 0 atom stereocenters. The summed E-state index contributed by atoms with van der Waals surface area (Å²) >= 11 is 1.89. The highest BCUT2D eigenvalue weighted by molar-refractivity contribution is 7.99. The van der Waals surface area contributed by atoms with E-state index in [1.807, 2.05) is 11.8 Å². The van der Waals surface area contributed by atoms with Crippen LogP contribution in [0.15, 0.2) is 33.7 Å². The highest BCUT2D eigenvalue weighted by atomic mass is 32.2. The summed E-state index contributed by atoms with van der Waals surface area (Å²) in [5, 5.41) is 3.90. The van der Waals surface area contributed by atoms with E-state index >= 15 is 0 Å². The van der Waals surface area contributed by atoms with Crippen molar-refractivity contribution in [1.82, 2.24) is 5.16 Å². The molecule has 1 aromatic carbocycles. The first-order chi connectivity index (χ1) is 7.33. The van der Waals surface area contributed by atoms with Gasteiger partial charge in [-0.05, 0) is 18.1 Å². The summed E-state index contributed by atoms with van der Waals surface area (Å²) in [6, 6.07) is 8.14. The Balaban J connectivity index is 2.06. The van der Waals surface area contributed by atoms with Crippen LogP contribution in [0, 0.1) is 0 Å². The molecule has 0 unspecified atom stereocenters. The van der Waals surface area contributed by atoms with Gasteiger partial charge in [0.05, 0.1) is 0 Å². The molecule has 1 aromatic heterocycles. The molecule has 2 aromatic rings. The van der Waals surface area contributed by atoms with Gasteiger partial charge in [0, 0.05) is 22.3 Å². The Bertz CT molecular complexity index is 507. The van der Waals surface area contributed by atoms with Gasteiger partial charge in [-0.25, -0.2) is 0 Å². The monoisotopic (exact) mass is 218 g/mol. The Kier molecular flexibility index (Phi) is 1.95. The van der Waals surface area contributed by atoms with E-state index in [2.05, 4.69) is 23.4 Å². The second-order valence-corrected chi connectivity index (χ2v) is 4.67. The van der Waals surface area contributed by atoms with Crippen molar-refractivity contribution in [3.8, 4) is 11.3 Å². The number of hydrogen-bond donors (Lipinski definition) is 1. The molecular weight excluding hydrogens is 208 g/mol. The number of aromatic nitrogens is 1. The quantitative estimate of drug-likeness (QED) is 0.799. The molecule has 0 bridgehead atoms. The van der Waals surface area contributed by atoms with E-state index in [9.17, 15) is 0 Å². The second-order valence-electron chi connectivity index (χ2n) is 3.54. The zero-order valence-electron chi connectivity index (χ0n) is 8.06. The Hall–Kier alpha value is -1.42. The normalized spacial score (nSPS) is 14.1. The van der Waals surface area contributed by atoms with E-state index in [0.29, 0.717) is 5.88 Å². The molecule has 4 heteroatoms. The molecule has 1 aliphatic rings. The number of nitrogen functional groups attached to an aromatic ring is 1. The third-order valence-electron chi connectivity index (χ3n) is 2.52. The average molecular weight is 218 g/mol. The SMILES string of the molecule is Nc1cc(-c2ccc3c(c2)SCC3)no1. The number of aryl methyl sites for hydroxylation is 1. The molecule has 15 heavy (non-hydrogen) atoms. The summed E-state index contributed by atoms with van der Waals surface area (Å²) in [7, 11) is 0. The average Bonchev–Trinajstić information content (AvgIpc) is 2.84. The maximum Gasteiger partial charge on any atom is 0.222 e. The lowest BCUT2D eigenvalue weighted by atomic mass is 10.1. The molecule has 2 N–H and O–H groups in total. The van der Waals surface area contributed by atoms with Gasteiger partial charge in [0.2, 0.25) is 5.88 Å². The van der Waals surface area contributed by atoms with Crippen molar-refractivity contribution in [2.45, 2.75) is 11.3 Å². The first-order valence-corrected chi connectivity index (χ1v) is 5.80. The topological polar surface area (TPSA) is 52.0 Å². The molecule has 0 amide bonds. The van der Waals surface area contributed by atoms with E-state index in [0.717, 1.165) is 11.3 Å². The van der Waals surface area contributed by atoms with Crippen molar-refractivity contribution in [2.24, 2.45) is 0 Å². The maximum absolute atomic E-state index is 5.49. The van der Waals surface area contributed by atoms with Gasteiger partial charge in [0.25, 0.3) is 0 Å². The number of nitrogens with two attached hydrogens (primary N) is 1. The summed E-state index contributed by atoms with van der Waals surface area (Å²) < 4.78 is 4.86. The van der Waals surface area contributed by atoms with Gasteiger partial charge < -0.3 is 10.3 Å². The van der Waals surface area contributed by atoms with Crippen LogP contribution >= 0.6 is 11.8 Å². The lowest BCUT2D eigenvalue weighted by Gasteiger charge is -2.00. The maximum atomic E-state index is 5.49. The van der Waals surface area contributed by atoms with E-state index in [1.165, 1.54) is 22.6 Å². The fourth-order valence-corrected chi connectivity index (χ4v) is 2.86. The van der Waals surface area contributed by atoms with E-state index in [-0.39, 0.29) is 0 Å². The highest BCUT2D eigenvalue weighted by Crippen LogP contribution is 2.34. The van der Waals surface area contributed by atoms with Gasteiger partial charge >= 0.3 is 0 Å². The van der Waals surface area contributed by atoms with Crippen LogP contribution in [-0.2, 0) is 6.42 Å². The smallest absolute Gasteiger partial charge is 0.222 e. The third-order valence-corrected chi connectivity index (χ3v) is 3.62. The first-order valence-electron chi connectivity index (χ1n) is 4.81. The predicted molar refractivity (Wildman–Crippen MR) is 60.8 cm³/mol. The fraction of sp³-hybridized carbons (Fsp3) is 0.182. The first kappa shape index (κ1) is 8.85. The number of thioether (sulfide) groups is 1. The molecule has 3 rings (SSSR count). The Morgan fingerprint density at radius 3 is 3.07 bits per heavy atom. The molecule has 0 saturated heterocycles. The predicted octanol–water partition coefficient (Wildman–Crippen LogP) is 2.57. The summed E-state index contributed by atoms with van der Waals surface area (Å²) in [5.74, 6) is 1.54. The van der Waals surface area contributed by atoms with Gasteiger partial charge in [0.15, 0.2) is 0 Å². The van der Waals surface area contributed by atoms with Gasteiger partial charge in [-0.3, -0.25) is 0 Å². The van der Waals surface area contributed by atoms with Crippen molar-refractivity contribution in [2.75, 3.05) is 11.5 Å². The van der Waals surface area contributed by atoms with Crippen LogP contribution in [0.5, 0.6) is 0 Å². The zero-order chi connectivity index (χ0) is 10.3. The van der Waals surface area contributed by atoms with Gasteiger partial charge in [0.1, 0.15) is 5.69 Å². The van der Waals surface area contributed by atoms with Gasteiger partial charge in [-0.1, -0.05) is 17.3 Å². The molecular formula is C11H10N2OS. The Morgan fingerprint density at radius 2 is 2.27 bits per heavy atom. The largest absolute Gasteiger partial charge is 0.368 e. The Morgan fingerprint density at radius 1 is 1.33 bits per heavy atom. The standard InChI is InChI=1S/C11H10N2OS/c12-11-6-9(13-14-11)8-2-1-7-3-4-15-10(7)5-8/h1-2,5-6H,3-4,12H2. The summed E-state index contributed by atoms with van der Waals surface area (Å²) in [6.45, 7) is 0. The number of anilines is 1. The molecule has 76 valence electrons. The number of fused-ring (bicyclic) bond motifs is 1. The van der Waals surface area contributed by atoms with Crippen molar-refractivity contribution in [3.05, 3.63) is 29.8 Å². The molecule has 3 nitrogen and oxygen atoms in total. The van der Waals surface area contributed by atoms with Crippen LogP contribution < -0.4 is 5.73 Å². The molecule has 2 heterocycles. The molecule has 0 fully saturated rings. The number of rotatable bonds is 1. The minimum Gasteiger partial charge on any atom is -0.368 e. The van der Waals surface area contributed by atoms with Gasteiger partial charge in [-0.15, -0.1) is 11.8 Å². The summed E-state index contributed by atoms with van der Waals surface area (Å²) in [5.41, 5.74) is 8.81. The lowest BCUT2D eigenvalue weighted by Crippen LogP contribution is -1.82. The highest BCUT2D eigenvalue weighted by Gasteiger charge is 2.13. The molecule has 0 spiro atoms. The van der Waals surface area contributed by atoms with Crippen LogP contribution in [0.4, 0.5) is 5.88 Å². The van der Waals surface area contributed by atoms with Crippen LogP contribution in [0.2, 0.25) is 0 Å². The minimum absolute atomic E-state index is 0.359. The number of hydrogen-bond acceptors (Lipinski definition) is 4. The molecule has 1 aliphatic heterocycles. The van der Waals surface area contributed by atoms with E-state index in [1.54, 1.807) is 6.07 Å². The Labute approximate surface area is 91.6 Å². The number of benzene rings is 1. The summed E-state index contributed by atoms with van der Waals surface area (Å²) in [6.07, 6.45) is 1.17. The van der Waals surface area contributed by atoms with Crippen molar-refractivity contribution in [3.63, 3.8) is 0 Å². The van der Waals surface area contributed by atoms with E-state index in [4.69, 9.17) is 10.3 Å². The van der Waals surface area contributed by atoms with E-state index < -0.39 is 0 Å². The van der Waals surface area contributed by atoms with Crippen LogP contribution in [0.3, 0.4) is 0 Å². The fourth-order valence-electron chi connectivity index (χ4n) is 1.75. The minimum atomic E-state index is 0.359.